The number of furan rings is 1. The quantitative estimate of drug-likeness (QED) is 0.784. The first-order valence-corrected chi connectivity index (χ1v) is 9.41. The fourth-order valence-corrected chi connectivity index (χ4v) is 4.40. The number of nitrogens with one attached hydrogen (secondary N) is 1. The van der Waals surface area contributed by atoms with Crippen molar-refractivity contribution in [2.45, 2.75) is 39.0 Å². The van der Waals surface area contributed by atoms with E-state index in [0.29, 0.717) is 28.7 Å². The molecule has 0 saturated heterocycles. The second-order valence-corrected chi connectivity index (χ2v) is 7.56. The van der Waals surface area contributed by atoms with Gasteiger partial charge in [0.15, 0.2) is 6.61 Å². The number of fused-ring (bicyclic) bond motifs is 1. The average Bonchev–Trinajstić information content (AvgIpc) is 3.24. The number of carbonyl (C=O) groups is 2. The smallest absolute Gasteiger partial charge is 0.306 e. The lowest BCUT2D eigenvalue weighted by atomic mass is 9.89. The van der Waals surface area contributed by atoms with Crippen LogP contribution in [0, 0.1) is 17.2 Å². The minimum Gasteiger partial charge on any atom is -0.469 e. The molecule has 0 radical (unpaired) electrons. The van der Waals surface area contributed by atoms with Gasteiger partial charge in [-0.2, -0.15) is 5.26 Å². The summed E-state index contributed by atoms with van der Waals surface area (Å²) in [5.74, 6) is 0.394. The van der Waals surface area contributed by atoms with Crippen LogP contribution < -0.4 is 5.32 Å². The standard InChI is InChI=1S/C19H20N2O4S/c1-12-4-6-14-15(10-20)19(26-16(14)9-12)21-17(22)11-25-18(23)7-5-13-3-2-8-24-13/h2-3,8,12H,4-7,9,11H2,1H3,(H,21,22)/t12-/m0/s1. The molecule has 2 heterocycles. The zero-order valence-electron chi connectivity index (χ0n) is 14.5. The first-order chi connectivity index (χ1) is 12.6. The van der Waals surface area contributed by atoms with Gasteiger partial charge in [0.05, 0.1) is 18.2 Å². The number of aryl methyl sites for hydroxylation is 1. The van der Waals surface area contributed by atoms with Crippen molar-refractivity contribution in [3.05, 3.63) is 40.2 Å². The van der Waals surface area contributed by atoms with E-state index in [-0.39, 0.29) is 13.0 Å². The summed E-state index contributed by atoms with van der Waals surface area (Å²) in [5, 5.41) is 12.7. The molecule has 1 aliphatic carbocycles. The monoisotopic (exact) mass is 372 g/mol. The Balaban J connectivity index is 1.52. The Morgan fingerprint density at radius 3 is 3.08 bits per heavy atom. The molecular formula is C19H20N2O4S. The number of ether oxygens (including phenoxy) is 1. The van der Waals surface area contributed by atoms with Crippen LogP contribution in [-0.4, -0.2) is 18.5 Å². The van der Waals surface area contributed by atoms with Gasteiger partial charge in [-0.3, -0.25) is 9.59 Å². The van der Waals surface area contributed by atoms with E-state index in [2.05, 4.69) is 18.3 Å². The Labute approximate surface area is 155 Å². The van der Waals surface area contributed by atoms with Gasteiger partial charge in [-0.1, -0.05) is 6.92 Å². The molecule has 3 rings (SSSR count). The van der Waals surface area contributed by atoms with E-state index in [9.17, 15) is 14.9 Å². The maximum atomic E-state index is 12.1. The number of amides is 1. The van der Waals surface area contributed by atoms with Crippen LogP contribution >= 0.6 is 11.3 Å². The van der Waals surface area contributed by atoms with E-state index in [1.54, 1.807) is 18.4 Å². The highest BCUT2D eigenvalue weighted by molar-refractivity contribution is 7.16. The molecule has 1 aliphatic rings. The number of hydrogen-bond acceptors (Lipinski definition) is 6. The number of anilines is 1. The molecular weight excluding hydrogens is 352 g/mol. The van der Waals surface area contributed by atoms with Crippen molar-refractivity contribution >= 4 is 28.2 Å². The number of hydrogen-bond donors (Lipinski definition) is 1. The van der Waals surface area contributed by atoms with Crippen LogP contribution in [0.15, 0.2) is 22.8 Å². The van der Waals surface area contributed by atoms with Gasteiger partial charge in [0.1, 0.15) is 16.8 Å². The van der Waals surface area contributed by atoms with E-state index in [0.717, 1.165) is 24.8 Å². The lowest BCUT2D eigenvalue weighted by Gasteiger charge is -2.17. The van der Waals surface area contributed by atoms with E-state index in [1.165, 1.54) is 16.2 Å². The van der Waals surface area contributed by atoms with Gasteiger partial charge in [0.2, 0.25) is 0 Å². The fourth-order valence-electron chi connectivity index (χ4n) is 3.02. The van der Waals surface area contributed by atoms with E-state index >= 15 is 0 Å². The second kappa shape index (κ2) is 8.19. The van der Waals surface area contributed by atoms with Gasteiger partial charge in [-0.25, -0.2) is 0 Å². The normalized spacial score (nSPS) is 15.8. The molecule has 2 aromatic heterocycles. The number of nitrogens with zero attached hydrogens (tertiary/aromatic N) is 1. The van der Waals surface area contributed by atoms with Gasteiger partial charge < -0.3 is 14.5 Å². The van der Waals surface area contributed by atoms with Crippen LogP contribution in [0.3, 0.4) is 0 Å². The van der Waals surface area contributed by atoms with Crippen LogP contribution in [0.2, 0.25) is 0 Å². The van der Waals surface area contributed by atoms with Gasteiger partial charge in [0, 0.05) is 11.3 Å². The summed E-state index contributed by atoms with van der Waals surface area (Å²) in [5.41, 5.74) is 1.61. The maximum Gasteiger partial charge on any atom is 0.306 e. The van der Waals surface area contributed by atoms with Crippen molar-refractivity contribution in [1.29, 1.82) is 5.26 Å². The number of thiophene rings is 1. The lowest BCUT2D eigenvalue weighted by Crippen LogP contribution is -2.21. The van der Waals surface area contributed by atoms with Crippen molar-refractivity contribution < 1.29 is 18.7 Å². The van der Waals surface area contributed by atoms with E-state index in [1.807, 2.05) is 0 Å². The van der Waals surface area contributed by atoms with Crippen LogP contribution in [0.1, 0.15) is 41.5 Å². The molecule has 0 aromatic carbocycles. The number of rotatable bonds is 6. The molecule has 1 atom stereocenters. The van der Waals surface area contributed by atoms with Crippen molar-refractivity contribution in [1.82, 2.24) is 0 Å². The maximum absolute atomic E-state index is 12.1. The van der Waals surface area contributed by atoms with E-state index < -0.39 is 11.9 Å². The molecule has 2 aromatic rings. The third-order valence-electron chi connectivity index (χ3n) is 4.40. The van der Waals surface area contributed by atoms with Crippen LogP contribution in [-0.2, 0) is 33.6 Å². The Morgan fingerprint density at radius 2 is 2.35 bits per heavy atom. The topological polar surface area (TPSA) is 92.3 Å². The summed E-state index contributed by atoms with van der Waals surface area (Å²) in [7, 11) is 0. The highest BCUT2D eigenvalue weighted by Gasteiger charge is 2.24. The number of carbonyl (C=O) groups excluding carboxylic acids is 2. The summed E-state index contributed by atoms with van der Waals surface area (Å²) in [6.45, 7) is 1.83. The third-order valence-corrected chi connectivity index (χ3v) is 5.57. The van der Waals surface area contributed by atoms with E-state index in [4.69, 9.17) is 9.15 Å². The van der Waals surface area contributed by atoms with Crippen molar-refractivity contribution in [3.63, 3.8) is 0 Å². The highest BCUT2D eigenvalue weighted by Crippen LogP contribution is 2.39. The van der Waals surface area contributed by atoms with Crippen molar-refractivity contribution in [3.8, 4) is 6.07 Å². The molecule has 1 amide bonds. The minimum absolute atomic E-state index is 0.148. The van der Waals surface area contributed by atoms with Crippen molar-refractivity contribution in [2.75, 3.05) is 11.9 Å². The Kier molecular flexibility index (Phi) is 5.74. The summed E-state index contributed by atoms with van der Waals surface area (Å²) in [4.78, 5) is 25.0. The lowest BCUT2D eigenvalue weighted by molar-refractivity contribution is -0.147. The molecule has 0 unspecified atom stereocenters. The zero-order chi connectivity index (χ0) is 18.5. The fraction of sp³-hybridized carbons (Fsp3) is 0.421. The van der Waals surface area contributed by atoms with Gasteiger partial charge in [-0.15, -0.1) is 11.3 Å². The Bertz CT molecular complexity index is 833. The molecule has 26 heavy (non-hydrogen) atoms. The highest BCUT2D eigenvalue weighted by atomic mass is 32.1. The Morgan fingerprint density at radius 1 is 1.50 bits per heavy atom. The van der Waals surface area contributed by atoms with Crippen LogP contribution in [0.25, 0.3) is 0 Å². The summed E-state index contributed by atoms with van der Waals surface area (Å²) in [6.07, 6.45) is 4.98. The van der Waals surface area contributed by atoms with Gasteiger partial charge in [0.25, 0.3) is 5.91 Å². The third kappa shape index (κ3) is 4.33. The molecule has 0 spiro atoms. The van der Waals surface area contributed by atoms with Gasteiger partial charge in [-0.05, 0) is 42.9 Å². The SMILES string of the molecule is C[C@H]1CCc2c(sc(NC(=O)COC(=O)CCc3ccco3)c2C#N)C1. The number of nitriles is 1. The Hall–Kier alpha value is -2.59. The second-order valence-electron chi connectivity index (χ2n) is 6.46. The van der Waals surface area contributed by atoms with Crippen molar-refractivity contribution in [2.24, 2.45) is 5.92 Å². The molecule has 7 heteroatoms. The molecule has 0 saturated carbocycles. The van der Waals surface area contributed by atoms with Gasteiger partial charge >= 0.3 is 5.97 Å². The molecule has 0 aliphatic heterocycles. The number of esters is 1. The minimum atomic E-state index is -0.462. The first kappa shape index (κ1) is 18.2. The first-order valence-electron chi connectivity index (χ1n) is 8.59. The molecule has 136 valence electrons. The summed E-state index contributed by atoms with van der Waals surface area (Å²) < 4.78 is 10.1. The molecule has 0 fully saturated rings. The summed E-state index contributed by atoms with van der Waals surface area (Å²) in [6, 6.07) is 5.74. The van der Waals surface area contributed by atoms with Crippen LogP contribution in [0.4, 0.5) is 5.00 Å². The molecule has 0 bridgehead atoms. The largest absolute Gasteiger partial charge is 0.469 e. The molecule has 6 nitrogen and oxygen atoms in total. The zero-order valence-corrected chi connectivity index (χ0v) is 15.4. The predicted octanol–water partition coefficient (Wildman–Crippen LogP) is 3.45. The predicted molar refractivity (Wildman–Crippen MR) is 96.8 cm³/mol. The molecule has 1 N–H and O–H groups in total. The summed E-state index contributed by atoms with van der Waals surface area (Å²) >= 11 is 1.45. The average molecular weight is 372 g/mol. The van der Waals surface area contributed by atoms with Crippen LogP contribution in [0.5, 0.6) is 0 Å².